The zero-order chi connectivity index (χ0) is 14.0. The van der Waals surface area contributed by atoms with Crippen LogP contribution >= 0.6 is 23.7 Å². The molecule has 0 fully saturated rings. The monoisotopic (exact) mass is 312 g/mol. The van der Waals surface area contributed by atoms with E-state index in [1.165, 1.54) is 22.5 Å². The van der Waals surface area contributed by atoms with Crippen molar-refractivity contribution in [3.8, 4) is 10.6 Å². The molecule has 0 unspecified atom stereocenters. The number of hydrogen-bond donors (Lipinski definition) is 2. The number of nitrogens with two attached hydrogens (primary N) is 1. The summed E-state index contributed by atoms with van der Waals surface area (Å²) in [5.74, 6) is -0.261. The van der Waals surface area contributed by atoms with Gasteiger partial charge in [-0.3, -0.25) is 10.1 Å². The van der Waals surface area contributed by atoms with Gasteiger partial charge in [-0.05, 0) is 32.9 Å². The highest BCUT2D eigenvalue weighted by Crippen LogP contribution is 2.27. The Morgan fingerprint density at radius 2 is 1.85 bits per heavy atom. The van der Waals surface area contributed by atoms with Crippen molar-refractivity contribution in [3.63, 3.8) is 0 Å². The second-order valence-corrected chi connectivity index (χ2v) is 5.54. The molecule has 2 rings (SSSR count). The number of aromatic nitrogens is 2. The van der Waals surface area contributed by atoms with E-state index < -0.39 is 6.04 Å². The molecule has 0 aliphatic rings. The molecule has 0 bridgehead atoms. The minimum absolute atomic E-state index is 0. The maximum atomic E-state index is 11.5. The van der Waals surface area contributed by atoms with Crippen molar-refractivity contribution in [1.29, 1.82) is 0 Å². The molecular formula is C13H17ClN4OS. The second kappa shape index (κ2) is 6.78. The first kappa shape index (κ1) is 16.6. The van der Waals surface area contributed by atoms with Crippen molar-refractivity contribution < 1.29 is 4.79 Å². The summed E-state index contributed by atoms with van der Waals surface area (Å²) in [6.45, 7) is 5.70. The molecule has 0 saturated carbocycles. The van der Waals surface area contributed by atoms with E-state index in [4.69, 9.17) is 5.73 Å². The third-order valence-electron chi connectivity index (χ3n) is 2.54. The van der Waals surface area contributed by atoms with Gasteiger partial charge in [0, 0.05) is 5.56 Å². The summed E-state index contributed by atoms with van der Waals surface area (Å²) in [5.41, 5.74) is 8.84. The molecule has 0 aliphatic heterocycles. The van der Waals surface area contributed by atoms with E-state index in [0.717, 1.165) is 10.6 Å². The van der Waals surface area contributed by atoms with E-state index in [2.05, 4.69) is 21.6 Å². The molecule has 2 aromatic rings. The minimum atomic E-state index is -0.562. The van der Waals surface area contributed by atoms with Gasteiger partial charge in [-0.25, -0.2) is 0 Å². The summed E-state index contributed by atoms with van der Waals surface area (Å²) in [6, 6.07) is 5.63. The highest BCUT2D eigenvalue weighted by molar-refractivity contribution is 7.18. The third-order valence-corrected chi connectivity index (χ3v) is 3.43. The summed E-state index contributed by atoms with van der Waals surface area (Å²) in [4.78, 5) is 11.5. The lowest BCUT2D eigenvalue weighted by Gasteiger charge is -2.03. The van der Waals surface area contributed by atoms with Crippen molar-refractivity contribution in [1.82, 2.24) is 10.2 Å². The number of benzene rings is 1. The molecule has 1 atom stereocenters. The first-order chi connectivity index (χ1) is 8.95. The Balaban J connectivity index is 0.00000200. The summed E-state index contributed by atoms with van der Waals surface area (Å²) in [7, 11) is 0. The van der Waals surface area contributed by atoms with Crippen LogP contribution in [0.3, 0.4) is 0 Å². The van der Waals surface area contributed by atoms with Gasteiger partial charge >= 0.3 is 0 Å². The molecule has 7 heteroatoms. The number of amides is 1. The highest BCUT2D eigenvalue weighted by atomic mass is 35.5. The molecule has 0 radical (unpaired) electrons. The molecule has 1 aromatic carbocycles. The molecule has 5 nitrogen and oxygen atoms in total. The molecule has 0 saturated heterocycles. The van der Waals surface area contributed by atoms with Crippen LogP contribution in [-0.2, 0) is 4.79 Å². The number of aryl methyl sites for hydroxylation is 2. The number of hydrogen-bond acceptors (Lipinski definition) is 5. The predicted molar refractivity (Wildman–Crippen MR) is 84.3 cm³/mol. The fourth-order valence-electron chi connectivity index (χ4n) is 1.71. The van der Waals surface area contributed by atoms with E-state index >= 15 is 0 Å². The molecular weight excluding hydrogens is 296 g/mol. The number of carbonyl (C=O) groups excluding carboxylic acids is 1. The highest BCUT2D eigenvalue weighted by Gasteiger charge is 2.12. The molecule has 1 heterocycles. The van der Waals surface area contributed by atoms with Crippen LogP contribution in [0.1, 0.15) is 18.1 Å². The third kappa shape index (κ3) is 4.00. The number of nitrogens with zero attached hydrogens (tertiary/aromatic N) is 2. The smallest absolute Gasteiger partial charge is 0.242 e. The van der Waals surface area contributed by atoms with E-state index in [1.807, 2.05) is 26.0 Å². The lowest BCUT2D eigenvalue weighted by atomic mass is 10.1. The zero-order valence-electron chi connectivity index (χ0n) is 11.5. The molecule has 0 aliphatic carbocycles. The maximum Gasteiger partial charge on any atom is 0.242 e. The summed E-state index contributed by atoms with van der Waals surface area (Å²) < 4.78 is 0. The standard InChI is InChI=1S/C13H16N4OS.ClH/c1-7-4-8(2)6-10(5-7)12-16-17-13(19-12)15-11(18)9(3)14;/h4-6,9H,14H2,1-3H3,(H,15,17,18);1H/t9-;/m0./s1. The Bertz CT molecular complexity index is 592. The lowest BCUT2D eigenvalue weighted by molar-refractivity contribution is -0.117. The van der Waals surface area contributed by atoms with E-state index in [-0.39, 0.29) is 18.3 Å². The van der Waals surface area contributed by atoms with Gasteiger partial charge in [0.2, 0.25) is 11.0 Å². The number of rotatable bonds is 3. The van der Waals surface area contributed by atoms with Crippen LogP contribution in [0.4, 0.5) is 5.13 Å². The molecule has 1 aromatic heterocycles. The van der Waals surface area contributed by atoms with Gasteiger partial charge in [-0.1, -0.05) is 28.5 Å². The van der Waals surface area contributed by atoms with E-state index in [1.54, 1.807) is 6.92 Å². The Kier molecular flexibility index (Phi) is 5.62. The van der Waals surface area contributed by atoms with Crippen molar-refractivity contribution >= 4 is 34.8 Å². The van der Waals surface area contributed by atoms with E-state index in [9.17, 15) is 4.79 Å². The molecule has 3 N–H and O–H groups in total. The Labute approximate surface area is 128 Å². The number of halogens is 1. The Morgan fingerprint density at radius 1 is 1.25 bits per heavy atom. The van der Waals surface area contributed by atoms with Gasteiger partial charge in [-0.15, -0.1) is 22.6 Å². The van der Waals surface area contributed by atoms with Crippen molar-refractivity contribution in [2.75, 3.05) is 5.32 Å². The van der Waals surface area contributed by atoms with Crippen molar-refractivity contribution in [2.45, 2.75) is 26.8 Å². The van der Waals surface area contributed by atoms with Crippen LogP contribution in [0.15, 0.2) is 18.2 Å². The van der Waals surface area contributed by atoms with Crippen LogP contribution in [0.2, 0.25) is 0 Å². The van der Waals surface area contributed by atoms with Crippen molar-refractivity contribution in [3.05, 3.63) is 29.3 Å². The molecule has 20 heavy (non-hydrogen) atoms. The van der Waals surface area contributed by atoms with Crippen LogP contribution in [-0.4, -0.2) is 22.1 Å². The van der Waals surface area contributed by atoms with Crippen molar-refractivity contribution in [2.24, 2.45) is 5.73 Å². The number of anilines is 1. The summed E-state index contributed by atoms with van der Waals surface area (Å²) in [5, 5.41) is 11.9. The SMILES string of the molecule is Cc1cc(C)cc(-c2nnc(NC(=O)[C@H](C)N)s2)c1.Cl. The van der Waals surface area contributed by atoms with Gasteiger partial charge in [0.1, 0.15) is 5.01 Å². The van der Waals surface area contributed by atoms with Crippen LogP contribution in [0.25, 0.3) is 10.6 Å². The predicted octanol–water partition coefficient (Wildman–Crippen LogP) is 2.53. The zero-order valence-corrected chi connectivity index (χ0v) is 13.1. The number of nitrogens with one attached hydrogen (secondary N) is 1. The molecule has 0 spiro atoms. The molecule has 108 valence electrons. The van der Waals surface area contributed by atoms with Gasteiger partial charge in [0.15, 0.2) is 0 Å². The second-order valence-electron chi connectivity index (χ2n) is 4.57. The fraction of sp³-hybridized carbons (Fsp3) is 0.308. The first-order valence-electron chi connectivity index (χ1n) is 5.94. The average Bonchev–Trinajstić information content (AvgIpc) is 2.76. The summed E-state index contributed by atoms with van der Waals surface area (Å²) in [6.07, 6.45) is 0. The largest absolute Gasteiger partial charge is 0.320 e. The van der Waals surface area contributed by atoms with Crippen LogP contribution in [0.5, 0.6) is 0 Å². The summed E-state index contributed by atoms with van der Waals surface area (Å²) >= 11 is 1.34. The van der Waals surface area contributed by atoms with Gasteiger partial charge in [0.05, 0.1) is 6.04 Å². The quantitative estimate of drug-likeness (QED) is 0.912. The van der Waals surface area contributed by atoms with Gasteiger partial charge < -0.3 is 5.73 Å². The number of carbonyl (C=O) groups is 1. The Morgan fingerprint density at radius 3 is 2.40 bits per heavy atom. The molecule has 1 amide bonds. The minimum Gasteiger partial charge on any atom is -0.320 e. The maximum absolute atomic E-state index is 11.5. The van der Waals surface area contributed by atoms with Gasteiger partial charge in [-0.2, -0.15) is 0 Å². The topological polar surface area (TPSA) is 80.9 Å². The lowest BCUT2D eigenvalue weighted by Crippen LogP contribution is -2.32. The van der Waals surface area contributed by atoms with Crippen LogP contribution in [0, 0.1) is 13.8 Å². The fourth-order valence-corrected chi connectivity index (χ4v) is 2.44. The van der Waals surface area contributed by atoms with E-state index in [0.29, 0.717) is 5.13 Å². The normalized spacial score (nSPS) is 11.6. The first-order valence-corrected chi connectivity index (χ1v) is 6.76. The van der Waals surface area contributed by atoms with Gasteiger partial charge in [0.25, 0.3) is 0 Å². The average molecular weight is 313 g/mol. The Hall–Kier alpha value is -1.50. The van der Waals surface area contributed by atoms with Crippen LogP contribution < -0.4 is 11.1 Å².